The molecule has 0 radical (unpaired) electrons. The molecule has 2 aliphatic rings. The van der Waals surface area contributed by atoms with E-state index in [-0.39, 0.29) is 12.0 Å². The lowest BCUT2D eigenvalue weighted by atomic mass is 9.82. The Morgan fingerprint density at radius 3 is 2.43 bits per heavy atom. The van der Waals surface area contributed by atoms with Gasteiger partial charge in [0.1, 0.15) is 5.59 Å². The van der Waals surface area contributed by atoms with Crippen molar-refractivity contribution < 1.29 is 18.8 Å². The molecule has 2 heterocycles. The van der Waals surface area contributed by atoms with Crippen molar-refractivity contribution in [2.75, 3.05) is 7.05 Å². The number of nitrogens with zero attached hydrogens (tertiary/aromatic N) is 1. The van der Waals surface area contributed by atoms with Crippen LogP contribution in [0.2, 0.25) is 0 Å². The second kappa shape index (κ2) is 5.49. The van der Waals surface area contributed by atoms with Crippen LogP contribution in [-0.2, 0) is 9.31 Å². The van der Waals surface area contributed by atoms with Crippen LogP contribution in [0.1, 0.15) is 50.9 Å². The lowest BCUT2D eigenvalue weighted by Crippen LogP contribution is -2.41. The lowest BCUT2D eigenvalue weighted by molar-refractivity contribution is 0.00578. The number of rotatable bonds is 4. The Bertz CT molecular complexity index is 613. The molecule has 3 rings (SSSR count). The number of carbonyl (C=O) groups excluding carboxylic acids is 1. The summed E-state index contributed by atoms with van der Waals surface area (Å²) in [6, 6.07) is 1.66. The number of ether oxygens (including phenoxy) is 1. The van der Waals surface area contributed by atoms with Gasteiger partial charge < -0.3 is 19.4 Å². The fourth-order valence-electron chi connectivity index (χ4n) is 2.38. The number of nitrogens with one attached hydrogen (secondary N) is 1. The van der Waals surface area contributed by atoms with Crippen LogP contribution in [0, 0.1) is 0 Å². The minimum atomic E-state index is -0.654. The average molecular weight is 318 g/mol. The SMILES string of the molecule is CNC(=O)c1ccnc(B2OC(C)(C)C(C)(C)O2)c1OC1CC1. The summed E-state index contributed by atoms with van der Waals surface area (Å²) in [5.74, 6) is 0.258. The van der Waals surface area contributed by atoms with E-state index in [1.54, 1.807) is 19.3 Å². The maximum absolute atomic E-state index is 12.2. The normalized spacial score (nSPS) is 22.0. The van der Waals surface area contributed by atoms with E-state index >= 15 is 0 Å². The average Bonchev–Trinajstić information content (AvgIpc) is 3.25. The van der Waals surface area contributed by atoms with E-state index in [9.17, 15) is 4.79 Å². The summed E-state index contributed by atoms with van der Waals surface area (Å²) in [6.07, 6.45) is 3.71. The van der Waals surface area contributed by atoms with Crippen molar-refractivity contribution in [3.8, 4) is 5.75 Å². The van der Waals surface area contributed by atoms with Crippen LogP contribution in [0.5, 0.6) is 5.75 Å². The third-order valence-corrected chi connectivity index (χ3v) is 4.69. The summed E-state index contributed by atoms with van der Waals surface area (Å²) < 4.78 is 18.1. The Morgan fingerprint density at radius 1 is 1.30 bits per heavy atom. The molecule has 1 saturated heterocycles. The van der Waals surface area contributed by atoms with Gasteiger partial charge >= 0.3 is 7.12 Å². The van der Waals surface area contributed by atoms with Gasteiger partial charge in [0.15, 0.2) is 5.75 Å². The first-order valence-corrected chi connectivity index (χ1v) is 7.98. The molecule has 0 unspecified atom stereocenters. The van der Waals surface area contributed by atoms with E-state index in [2.05, 4.69) is 10.3 Å². The van der Waals surface area contributed by atoms with Gasteiger partial charge in [-0.25, -0.2) is 0 Å². The van der Waals surface area contributed by atoms with Crippen LogP contribution >= 0.6 is 0 Å². The van der Waals surface area contributed by atoms with Gasteiger partial charge in [-0.15, -0.1) is 0 Å². The van der Waals surface area contributed by atoms with Crippen molar-refractivity contribution in [1.82, 2.24) is 10.3 Å². The van der Waals surface area contributed by atoms with Crippen LogP contribution in [0.4, 0.5) is 0 Å². The number of pyridine rings is 1. The zero-order chi connectivity index (χ0) is 16.8. The largest absolute Gasteiger partial charge is 0.518 e. The predicted molar refractivity (Wildman–Crippen MR) is 87.0 cm³/mol. The third kappa shape index (κ3) is 2.95. The number of amides is 1. The first-order chi connectivity index (χ1) is 10.7. The van der Waals surface area contributed by atoms with E-state index in [1.165, 1.54) is 0 Å². The molecule has 124 valence electrons. The monoisotopic (exact) mass is 318 g/mol. The van der Waals surface area contributed by atoms with Crippen LogP contribution in [-0.4, -0.2) is 42.4 Å². The fraction of sp³-hybridized carbons (Fsp3) is 0.625. The second-order valence-corrected chi connectivity index (χ2v) is 7.06. The zero-order valence-electron chi connectivity index (χ0n) is 14.3. The summed E-state index contributed by atoms with van der Waals surface area (Å²) in [4.78, 5) is 16.6. The van der Waals surface area contributed by atoms with E-state index in [0.717, 1.165) is 12.8 Å². The lowest BCUT2D eigenvalue weighted by Gasteiger charge is -2.32. The van der Waals surface area contributed by atoms with Crippen molar-refractivity contribution in [3.05, 3.63) is 17.8 Å². The Hall–Kier alpha value is -1.60. The van der Waals surface area contributed by atoms with E-state index < -0.39 is 18.3 Å². The highest BCUT2D eigenvalue weighted by Gasteiger charge is 2.53. The molecule has 2 fully saturated rings. The van der Waals surface area contributed by atoms with Crippen LogP contribution in [0.3, 0.4) is 0 Å². The number of aromatic nitrogens is 1. The smallest absolute Gasteiger partial charge is 0.488 e. The molecular formula is C16H23BN2O4. The Balaban J connectivity index is 2.00. The summed E-state index contributed by atoms with van der Waals surface area (Å²) in [6.45, 7) is 7.93. The van der Waals surface area contributed by atoms with Crippen molar-refractivity contribution >= 4 is 18.6 Å². The molecule has 1 N–H and O–H groups in total. The highest BCUT2D eigenvalue weighted by atomic mass is 16.7. The van der Waals surface area contributed by atoms with Gasteiger partial charge in [-0.2, -0.15) is 0 Å². The highest BCUT2D eigenvalue weighted by Crippen LogP contribution is 2.37. The standard InChI is InChI=1S/C16H23BN2O4/c1-15(2)16(3,4)23-17(22-15)13-12(21-10-6-7-10)11(8-9-19-13)14(20)18-5/h8-10H,6-7H2,1-5H3,(H,18,20). The van der Waals surface area contributed by atoms with Crippen LogP contribution in [0.25, 0.3) is 0 Å². The molecule has 0 bridgehead atoms. The highest BCUT2D eigenvalue weighted by molar-refractivity contribution is 6.62. The molecule has 1 amide bonds. The molecule has 7 heteroatoms. The zero-order valence-corrected chi connectivity index (χ0v) is 14.3. The minimum Gasteiger partial charge on any atom is -0.488 e. The Labute approximate surface area is 137 Å². The molecular weight excluding hydrogens is 295 g/mol. The molecule has 1 aliphatic heterocycles. The van der Waals surface area contributed by atoms with Gasteiger partial charge in [0.2, 0.25) is 0 Å². The molecule has 0 atom stereocenters. The van der Waals surface area contributed by atoms with Gasteiger partial charge in [0, 0.05) is 13.2 Å². The van der Waals surface area contributed by atoms with Crippen LogP contribution < -0.4 is 15.6 Å². The fourth-order valence-corrected chi connectivity index (χ4v) is 2.38. The molecule has 1 saturated carbocycles. The molecule has 0 spiro atoms. The predicted octanol–water partition coefficient (Wildman–Crippen LogP) is 1.28. The van der Waals surface area contributed by atoms with Gasteiger partial charge in [-0.1, -0.05) is 0 Å². The van der Waals surface area contributed by atoms with Gasteiger partial charge in [0.25, 0.3) is 5.91 Å². The number of hydrogen-bond donors (Lipinski definition) is 1. The third-order valence-electron chi connectivity index (χ3n) is 4.69. The topological polar surface area (TPSA) is 69.7 Å². The summed E-state index contributed by atoms with van der Waals surface area (Å²) in [5.41, 5.74) is 0.0362. The Kier molecular flexibility index (Phi) is 3.88. The molecule has 1 aliphatic carbocycles. The first kappa shape index (κ1) is 16.3. The summed E-state index contributed by atoms with van der Waals surface area (Å²) >= 11 is 0. The van der Waals surface area contributed by atoms with Gasteiger partial charge in [-0.3, -0.25) is 9.78 Å². The first-order valence-electron chi connectivity index (χ1n) is 7.98. The summed E-state index contributed by atoms with van der Waals surface area (Å²) in [7, 11) is 0.941. The Morgan fingerprint density at radius 2 is 1.91 bits per heavy atom. The summed E-state index contributed by atoms with van der Waals surface area (Å²) in [5, 5.41) is 2.64. The van der Waals surface area contributed by atoms with Crippen molar-refractivity contribution in [2.24, 2.45) is 0 Å². The second-order valence-electron chi connectivity index (χ2n) is 7.06. The quantitative estimate of drug-likeness (QED) is 0.847. The minimum absolute atomic E-state index is 0.142. The number of hydrogen-bond acceptors (Lipinski definition) is 5. The molecule has 23 heavy (non-hydrogen) atoms. The van der Waals surface area contributed by atoms with Gasteiger partial charge in [-0.05, 0) is 46.6 Å². The van der Waals surface area contributed by atoms with Crippen molar-refractivity contribution in [2.45, 2.75) is 57.8 Å². The van der Waals surface area contributed by atoms with E-state index in [0.29, 0.717) is 16.9 Å². The van der Waals surface area contributed by atoms with Crippen molar-refractivity contribution in [1.29, 1.82) is 0 Å². The molecule has 1 aromatic rings. The van der Waals surface area contributed by atoms with Crippen LogP contribution in [0.15, 0.2) is 12.3 Å². The molecule has 6 nitrogen and oxygen atoms in total. The van der Waals surface area contributed by atoms with E-state index in [1.807, 2.05) is 27.7 Å². The maximum atomic E-state index is 12.2. The molecule has 0 aromatic carbocycles. The van der Waals surface area contributed by atoms with E-state index in [4.69, 9.17) is 14.0 Å². The van der Waals surface area contributed by atoms with Gasteiger partial charge in [0.05, 0.1) is 22.9 Å². The number of carbonyl (C=O) groups is 1. The maximum Gasteiger partial charge on any atom is 0.518 e. The molecule has 1 aromatic heterocycles. The van der Waals surface area contributed by atoms with Crippen molar-refractivity contribution in [3.63, 3.8) is 0 Å².